The van der Waals surface area contributed by atoms with Gasteiger partial charge in [0.15, 0.2) is 0 Å². The third-order valence-corrected chi connectivity index (χ3v) is 4.29. The minimum absolute atomic E-state index is 0.00293. The van der Waals surface area contributed by atoms with Gasteiger partial charge >= 0.3 is 0 Å². The van der Waals surface area contributed by atoms with Crippen LogP contribution >= 0.6 is 0 Å². The van der Waals surface area contributed by atoms with Gasteiger partial charge in [0.25, 0.3) is 0 Å². The van der Waals surface area contributed by atoms with Crippen LogP contribution in [0.3, 0.4) is 0 Å². The Hall–Kier alpha value is -0.130. The third kappa shape index (κ3) is 8.06. The van der Waals surface area contributed by atoms with Gasteiger partial charge in [0.1, 0.15) is 0 Å². The van der Waals surface area contributed by atoms with Crippen LogP contribution in [-0.4, -0.2) is 31.9 Å². The lowest BCUT2D eigenvalue weighted by molar-refractivity contribution is 0.214. The molecule has 1 unspecified atom stereocenters. The van der Waals surface area contributed by atoms with Gasteiger partial charge < -0.3 is 5.11 Å². The summed E-state index contributed by atoms with van der Waals surface area (Å²) in [6, 6.07) is -0.229. The molecule has 0 aliphatic heterocycles. The second-order valence-electron chi connectivity index (χ2n) is 7.18. The zero-order valence-electron chi connectivity index (χ0n) is 12.6. The molecular formula is C13H29NO3S. The average Bonchev–Trinajstić information content (AvgIpc) is 2.12. The van der Waals surface area contributed by atoms with Crippen molar-refractivity contribution >= 4 is 10.0 Å². The first-order valence-electron chi connectivity index (χ1n) is 6.48. The van der Waals surface area contributed by atoms with Crippen molar-refractivity contribution in [1.29, 1.82) is 0 Å². The Labute approximate surface area is 112 Å². The van der Waals surface area contributed by atoms with E-state index in [1.54, 1.807) is 0 Å². The topological polar surface area (TPSA) is 66.4 Å². The molecular weight excluding hydrogens is 250 g/mol. The first-order chi connectivity index (χ1) is 7.87. The normalized spacial score (nSPS) is 15.7. The second kappa shape index (κ2) is 6.35. The molecule has 5 heteroatoms. The summed E-state index contributed by atoms with van der Waals surface area (Å²) in [7, 11) is -3.28. The molecule has 0 fully saturated rings. The average molecular weight is 279 g/mol. The van der Waals surface area contributed by atoms with Crippen LogP contribution in [0.4, 0.5) is 0 Å². The summed E-state index contributed by atoms with van der Waals surface area (Å²) in [6.45, 7) is 12.0. The predicted octanol–water partition coefficient (Wildman–Crippen LogP) is 2.14. The first kappa shape index (κ1) is 17.9. The molecule has 4 nitrogen and oxygen atoms in total. The maximum atomic E-state index is 12.0. The van der Waals surface area contributed by atoms with Gasteiger partial charge in [-0.05, 0) is 23.7 Å². The number of hydrogen-bond acceptors (Lipinski definition) is 3. The lowest BCUT2D eigenvalue weighted by atomic mass is 9.86. The molecule has 0 bridgehead atoms. The molecule has 0 spiro atoms. The van der Waals surface area contributed by atoms with Crippen molar-refractivity contribution in [3.05, 3.63) is 0 Å². The van der Waals surface area contributed by atoms with Gasteiger partial charge in [0.2, 0.25) is 10.0 Å². The Morgan fingerprint density at radius 1 is 1.11 bits per heavy atom. The highest BCUT2D eigenvalue weighted by atomic mass is 32.2. The van der Waals surface area contributed by atoms with Crippen molar-refractivity contribution in [2.24, 2.45) is 10.8 Å². The van der Waals surface area contributed by atoms with Gasteiger partial charge in [-0.2, -0.15) is 0 Å². The van der Waals surface area contributed by atoms with Gasteiger partial charge in [-0.3, -0.25) is 0 Å². The van der Waals surface area contributed by atoms with Crippen LogP contribution in [0, 0.1) is 10.8 Å². The lowest BCUT2D eigenvalue weighted by Crippen LogP contribution is -2.45. The van der Waals surface area contributed by atoms with Gasteiger partial charge in [0.05, 0.1) is 5.75 Å². The van der Waals surface area contributed by atoms with E-state index in [0.29, 0.717) is 12.8 Å². The summed E-state index contributed by atoms with van der Waals surface area (Å²) in [5.41, 5.74) is -0.194. The monoisotopic (exact) mass is 279 g/mol. The highest BCUT2D eigenvalue weighted by Gasteiger charge is 2.28. The van der Waals surface area contributed by atoms with Gasteiger partial charge in [-0.15, -0.1) is 0 Å². The fourth-order valence-corrected chi connectivity index (χ4v) is 3.42. The van der Waals surface area contributed by atoms with Crippen molar-refractivity contribution in [2.75, 3.05) is 12.4 Å². The van der Waals surface area contributed by atoms with Gasteiger partial charge in [0, 0.05) is 12.6 Å². The van der Waals surface area contributed by atoms with Gasteiger partial charge in [-0.25, -0.2) is 13.1 Å². The molecule has 0 aromatic carbocycles. The molecule has 0 aliphatic carbocycles. The summed E-state index contributed by atoms with van der Waals surface area (Å²) in [4.78, 5) is 0. The molecule has 0 aliphatic rings. The molecule has 0 radical (unpaired) electrons. The number of nitrogens with one attached hydrogen (secondary N) is 1. The zero-order chi connectivity index (χ0) is 14.6. The highest BCUT2D eigenvalue weighted by Crippen LogP contribution is 2.23. The Bertz CT molecular complexity index is 336. The molecule has 18 heavy (non-hydrogen) atoms. The van der Waals surface area contributed by atoms with Crippen molar-refractivity contribution in [3.8, 4) is 0 Å². The number of aliphatic hydroxyl groups is 1. The summed E-state index contributed by atoms with van der Waals surface area (Å²) < 4.78 is 26.8. The molecule has 0 rings (SSSR count). The summed E-state index contributed by atoms with van der Waals surface area (Å²) in [6.07, 6.45) is 1.07. The minimum Gasteiger partial charge on any atom is -0.396 e. The van der Waals surface area contributed by atoms with Crippen LogP contribution in [0.1, 0.15) is 54.4 Å². The maximum absolute atomic E-state index is 12.0. The smallest absolute Gasteiger partial charge is 0.211 e. The second-order valence-corrected chi connectivity index (χ2v) is 9.05. The van der Waals surface area contributed by atoms with E-state index < -0.39 is 10.0 Å². The minimum atomic E-state index is -3.28. The number of sulfonamides is 1. The number of aliphatic hydroxyl groups excluding tert-OH is 1. The number of rotatable bonds is 6. The quantitative estimate of drug-likeness (QED) is 0.783. The van der Waals surface area contributed by atoms with E-state index in [9.17, 15) is 8.42 Å². The molecule has 110 valence electrons. The Kier molecular flexibility index (Phi) is 6.30. The number of hydrogen-bond donors (Lipinski definition) is 2. The van der Waals surface area contributed by atoms with E-state index in [1.807, 2.05) is 41.5 Å². The molecule has 1 atom stereocenters. The van der Waals surface area contributed by atoms with Crippen molar-refractivity contribution in [3.63, 3.8) is 0 Å². The predicted molar refractivity (Wildman–Crippen MR) is 75.9 cm³/mol. The van der Waals surface area contributed by atoms with Crippen LogP contribution in [0.5, 0.6) is 0 Å². The third-order valence-electron chi connectivity index (χ3n) is 2.91. The van der Waals surface area contributed by atoms with E-state index >= 15 is 0 Å². The molecule has 0 aromatic heterocycles. The first-order valence-corrected chi connectivity index (χ1v) is 8.13. The summed E-state index contributed by atoms with van der Waals surface area (Å²) in [5, 5.41) is 9.02. The summed E-state index contributed by atoms with van der Waals surface area (Å²) in [5.74, 6) is 0.133. The molecule has 0 saturated carbocycles. The van der Waals surface area contributed by atoms with Crippen molar-refractivity contribution in [1.82, 2.24) is 4.72 Å². The van der Waals surface area contributed by atoms with Crippen LogP contribution in [0.15, 0.2) is 0 Å². The lowest BCUT2D eigenvalue weighted by Gasteiger charge is -2.31. The Balaban J connectivity index is 4.62. The molecule has 0 aromatic rings. The maximum Gasteiger partial charge on any atom is 0.211 e. The fraction of sp³-hybridized carbons (Fsp3) is 1.00. The van der Waals surface area contributed by atoms with E-state index in [1.165, 1.54) is 0 Å². The van der Waals surface area contributed by atoms with Gasteiger partial charge in [-0.1, -0.05) is 41.5 Å². The highest BCUT2D eigenvalue weighted by molar-refractivity contribution is 7.89. The van der Waals surface area contributed by atoms with Crippen LogP contribution in [0.2, 0.25) is 0 Å². The molecule has 2 N–H and O–H groups in total. The molecule has 0 heterocycles. The fourth-order valence-electron chi connectivity index (χ4n) is 1.51. The van der Waals surface area contributed by atoms with E-state index in [0.717, 1.165) is 0 Å². The van der Waals surface area contributed by atoms with Crippen molar-refractivity contribution < 1.29 is 13.5 Å². The Morgan fingerprint density at radius 2 is 1.61 bits per heavy atom. The van der Waals surface area contributed by atoms with Crippen LogP contribution in [0.25, 0.3) is 0 Å². The molecule has 0 amide bonds. The van der Waals surface area contributed by atoms with E-state index in [2.05, 4.69) is 4.72 Å². The molecule has 0 saturated heterocycles. The Morgan fingerprint density at radius 3 is 1.94 bits per heavy atom. The van der Waals surface area contributed by atoms with E-state index in [-0.39, 0.29) is 29.2 Å². The van der Waals surface area contributed by atoms with Crippen LogP contribution < -0.4 is 4.72 Å². The SMILES string of the molecule is CC(C)(C)CCS(=O)(=O)NC(CCO)C(C)(C)C. The van der Waals surface area contributed by atoms with Crippen LogP contribution in [-0.2, 0) is 10.0 Å². The zero-order valence-corrected chi connectivity index (χ0v) is 13.4. The summed E-state index contributed by atoms with van der Waals surface area (Å²) >= 11 is 0. The van der Waals surface area contributed by atoms with Crippen molar-refractivity contribution in [2.45, 2.75) is 60.4 Å². The van der Waals surface area contributed by atoms with E-state index in [4.69, 9.17) is 5.11 Å². The standard InChI is InChI=1S/C13H29NO3S/c1-12(2,3)8-10-18(16,17)14-11(7-9-15)13(4,5)6/h11,14-15H,7-10H2,1-6H3. The largest absolute Gasteiger partial charge is 0.396 e.